The minimum atomic E-state index is -0.849. The zero-order chi connectivity index (χ0) is 22.8. The summed E-state index contributed by atoms with van der Waals surface area (Å²) in [5.74, 6) is -0.765. The maximum Gasteiger partial charge on any atom is 0.407 e. The summed E-state index contributed by atoms with van der Waals surface area (Å²) in [6.45, 7) is 4.55. The van der Waals surface area contributed by atoms with Crippen LogP contribution in [0.4, 0.5) is 4.79 Å². The van der Waals surface area contributed by atoms with Crippen LogP contribution in [0.25, 0.3) is 0 Å². The van der Waals surface area contributed by atoms with Gasteiger partial charge in [-0.25, -0.2) is 4.79 Å². The Balaban J connectivity index is 1.86. The normalized spacial score (nSPS) is 17.5. The molecule has 0 radical (unpaired) electrons. The van der Waals surface area contributed by atoms with Gasteiger partial charge in [0.2, 0.25) is 11.8 Å². The Kier molecular flexibility index (Phi) is 9.78. The number of rotatable bonds is 11. The molecular weight excluding hydrogens is 422 g/mol. The van der Waals surface area contributed by atoms with Crippen LogP contribution >= 0.6 is 11.6 Å². The molecule has 1 aromatic carbocycles. The summed E-state index contributed by atoms with van der Waals surface area (Å²) < 4.78 is 5.21. The van der Waals surface area contributed by atoms with Gasteiger partial charge in [-0.15, -0.1) is 0 Å². The standard InChI is InChI=1S/C22H30ClN3O5/c1-14(2)10-19(21(29)25-18(13-27)12-16-6-8-24-20(16)28)26-22(30)31-9-7-15-4-3-5-17(23)11-15/h3-5,11,13-14,16,18-19H,6-10,12H2,1-2H3,(H,24,28)(H,25,29)(H,26,30)/t16-,18-,19-/m0/s1. The van der Waals surface area contributed by atoms with Gasteiger partial charge < -0.3 is 25.5 Å². The molecule has 1 saturated heterocycles. The number of carbonyl (C=O) groups excluding carboxylic acids is 4. The number of nitrogens with one attached hydrogen (secondary N) is 3. The molecule has 31 heavy (non-hydrogen) atoms. The first-order chi connectivity index (χ1) is 14.8. The van der Waals surface area contributed by atoms with E-state index < -0.39 is 24.1 Å². The van der Waals surface area contributed by atoms with E-state index in [0.29, 0.717) is 37.1 Å². The lowest BCUT2D eigenvalue weighted by Gasteiger charge is -2.23. The van der Waals surface area contributed by atoms with Crippen LogP contribution in [0, 0.1) is 11.8 Å². The third-order valence-electron chi connectivity index (χ3n) is 5.02. The van der Waals surface area contributed by atoms with Crippen LogP contribution in [-0.2, 0) is 25.5 Å². The number of amides is 3. The third kappa shape index (κ3) is 8.57. The summed E-state index contributed by atoms with van der Waals surface area (Å²) in [6.07, 6.45) is 1.65. The SMILES string of the molecule is CC(C)C[C@H](NC(=O)OCCc1cccc(Cl)c1)C(=O)N[C@H](C=O)C[C@@H]1CCNC1=O. The highest BCUT2D eigenvalue weighted by Crippen LogP contribution is 2.16. The number of aldehydes is 1. The highest BCUT2D eigenvalue weighted by atomic mass is 35.5. The second kappa shape index (κ2) is 12.3. The van der Waals surface area contributed by atoms with Crippen LogP contribution in [0.5, 0.6) is 0 Å². The maximum atomic E-state index is 12.7. The molecular formula is C22H30ClN3O5. The first kappa shape index (κ1) is 24.7. The molecule has 3 atom stereocenters. The van der Waals surface area contributed by atoms with Gasteiger partial charge in [0, 0.05) is 23.9 Å². The molecule has 0 aromatic heterocycles. The number of alkyl carbamates (subject to hydrolysis) is 1. The fourth-order valence-electron chi connectivity index (χ4n) is 3.45. The molecule has 1 fully saturated rings. The Bertz CT molecular complexity index is 786. The van der Waals surface area contributed by atoms with E-state index in [1.54, 1.807) is 12.1 Å². The van der Waals surface area contributed by atoms with E-state index in [1.807, 2.05) is 26.0 Å². The molecule has 3 amide bonds. The molecule has 0 spiro atoms. The maximum absolute atomic E-state index is 12.7. The largest absolute Gasteiger partial charge is 0.449 e. The van der Waals surface area contributed by atoms with Crippen molar-refractivity contribution in [1.82, 2.24) is 16.0 Å². The van der Waals surface area contributed by atoms with Crippen LogP contribution in [0.1, 0.15) is 38.7 Å². The van der Waals surface area contributed by atoms with E-state index in [2.05, 4.69) is 16.0 Å². The van der Waals surface area contributed by atoms with Crippen molar-refractivity contribution in [1.29, 1.82) is 0 Å². The summed E-state index contributed by atoms with van der Waals surface area (Å²) in [4.78, 5) is 48.1. The lowest BCUT2D eigenvalue weighted by molar-refractivity contribution is -0.127. The van der Waals surface area contributed by atoms with Crippen molar-refractivity contribution in [2.45, 2.75) is 51.6 Å². The van der Waals surface area contributed by atoms with Crippen LogP contribution in [-0.4, -0.2) is 49.4 Å². The highest BCUT2D eigenvalue weighted by molar-refractivity contribution is 6.30. The molecule has 8 nitrogen and oxygen atoms in total. The fourth-order valence-corrected chi connectivity index (χ4v) is 3.66. The lowest BCUT2D eigenvalue weighted by Crippen LogP contribution is -2.51. The van der Waals surface area contributed by atoms with Crippen molar-refractivity contribution in [2.75, 3.05) is 13.2 Å². The number of halogens is 1. The van der Waals surface area contributed by atoms with Gasteiger partial charge in [0.05, 0.1) is 12.6 Å². The molecule has 0 unspecified atom stereocenters. The molecule has 9 heteroatoms. The summed E-state index contributed by atoms with van der Waals surface area (Å²) in [7, 11) is 0. The highest BCUT2D eigenvalue weighted by Gasteiger charge is 2.30. The molecule has 0 saturated carbocycles. The van der Waals surface area contributed by atoms with E-state index in [-0.39, 0.29) is 30.8 Å². The average Bonchev–Trinajstić information content (AvgIpc) is 3.11. The molecule has 0 bridgehead atoms. The van der Waals surface area contributed by atoms with Crippen molar-refractivity contribution < 1.29 is 23.9 Å². The van der Waals surface area contributed by atoms with Gasteiger partial charge in [0.1, 0.15) is 12.3 Å². The van der Waals surface area contributed by atoms with Crippen LogP contribution in [0.2, 0.25) is 5.02 Å². The molecule has 1 aromatic rings. The number of ether oxygens (including phenoxy) is 1. The molecule has 1 heterocycles. The third-order valence-corrected chi connectivity index (χ3v) is 5.26. The Labute approximate surface area is 187 Å². The molecule has 1 aliphatic rings. The van der Waals surface area contributed by atoms with Crippen LogP contribution in [0.3, 0.4) is 0 Å². The van der Waals surface area contributed by atoms with Crippen molar-refractivity contribution in [2.24, 2.45) is 11.8 Å². The topological polar surface area (TPSA) is 114 Å². The van der Waals surface area contributed by atoms with Crippen molar-refractivity contribution in [3.05, 3.63) is 34.9 Å². The van der Waals surface area contributed by atoms with E-state index >= 15 is 0 Å². The predicted octanol–water partition coefficient (Wildman–Crippen LogP) is 2.23. The molecule has 1 aliphatic heterocycles. The van der Waals surface area contributed by atoms with E-state index in [1.165, 1.54) is 0 Å². The first-order valence-electron chi connectivity index (χ1n) is 10.5. The van der Waals surface area contributed by atoms with Gasteiger partial charge >= 0.3 is 6.09 Å². The Morgan fingerprint density at radius 2 is 2.10 bits per heavy atom. The quantitative estimate of drug-likeness (QED) is 0.446. The van der Waals surface area contributed by atoms with Gasteiger partial charge in [-0.2, -0.15) is 0 Å². The Morgan fingerprint density at radius 3 is 2.71 bits per heavy atom. The Morgan fingerprint density at radius 1 is 1.32 bits per heavy atom. The molecule has 170 valence electrons. The summed E-state index contributed by atoms with van der Waals surface area (Å²) in [5.41, 5.74) is 0.932. The molecule has 0 aliphatic carbocycles. The molecule has 3 N–H and O–H groups in total. The monoisotopic (exact) mass is 451 g/mol. The summed E-state index contributed by atoms with van der Waals surface area (Å²) in [5, 5.41) is 8.54. The zero-order valence-corrected chi connectivity index (χ0v) is 18.6. The van der Waals surface area contributed by atoms with Crippen molar-refractivity contribution in [3.8, 4) is 0 Å². The smallest absolute Gasteiger partial charge is 0.407 e. The van der Waals surface area contributed by atoms with E-state index in [4.69, 9.17) is 16.3 Å². The minimum Gasteiger partial charge on any atom is -0.449 e. The van der Waals surface area contributed by atoms with Gasteiger partial charge in [0.25, 0.3) is 0 Å². The second-order valence-corrected chi connectivity index (χ2v) is 8.54. The lowest BCUT2D eigenvalue weighted by atomic mass is 9.98. The average molecular weight is 452 g/mol. The fraction of sp³-hybridized carbons (Fsp3) is 0.545. The van der Waals surface area contributed by atoms with Gasteiger partial charge in [-0.3, -0.25) is 9.59 Å². The second-order valence-electron chi connectivity index (χ2n) is 8.11. The van der Waals surface area contributed by atoms with Crippen molar-refractivity contribution >= 4 is 35.8 Å². The Hall–Kier alpha value is -2.61. The van der Waals surface area contributed by atoms with Crippen LogP contribution < -0.4 is 16.0 Å². The van der Waals surface area contributed by atoms with Crippen molar-refractivity contribution in [3.63, 3.8) is 0 Å². The minimum absolute atomic E-state index is 0.110. The van der Waals surface area contributed by atoms with Gasteiger partial charge in [-0.1, -0.05) is 37.6 Å². The van der Waals surface area contributed by atoms with E-state index in [9.17, 15) is 19.2 Å². The summed E-state index contributed by atoms with van der Waals surface area (Å²) in [6, 6.07) is 5.61. The van der Waals surface area contributed by atoms with Gasteiger partial charge in [-0.05, 0) is 42.9 Å². The van der Waals surface area contributed by atoms with Gasteiger partial charge in [0.15, 0.2) is 0 Å². The zero-order valence-electron chi connectivity index (χ0n) is 17.9. The number of benzene rings is 1. The summed E-state index contributed by atoms with van der Waals surface area (Å²) >= 11 is 5.94. The number of hydrogen-bond donors (Lipinski definition) is 3. The predicted molar refractivity (Wildman–Crippen MR) is 117 cm³/mol. The van der Waals surface area contributed by atoms with E-state index in [0.717, 1.165) is 5.56 Å². The van der Waals surface area contributed by atoms with Crippen LogP contribution in [0.15, 0.2) is 24.3 Å². The number of hydrogen-bond acceptors (Lipinski definition) is 5. The first-order valence-corrected chi connectivity index (χ1v) is 10.9. The molecule has 2 rings (SSSR count). The number of carbonyl (C=O) groups is 4.